The normalized spacial score (nSPS) is 18.3. The van der Waals surface area contributed by atoms with Crippen molar-refractivity contribution in [3.63, 3.8) is 0 Å². The van der Waals surface area contributed by atoms with Crippen LogP contribution in [0.3, 0.4) is 0 Å². The summed E-state index contributed by atoms with van der Waals surface area (Å²) >= 11 is 0. The SMILES string of the molecule is CCC1C=NN(C(=N)N)C1.CCOS(=O)(=O)c1ccc2c(c1)NCC2. The summed E-state index contributed by atoms with van der Waals surface area (Å²) < 4.78 is 27.9. The fourth-order valence-electron chi connectivity index (χ4n) is 2.53. The second-order valence-corrected chi connectivity index (χ2v) is 7.37. The Balaban J connectivity index is 0.000000196. The van der Waals surface area contributed by atoms with Crippen molar-refractivity contribution in [3.8, 4) is 0 Å². The van der Waals surface area contributed by atoms with Gasteiger partial charge in [0.05, 0.1) is 18.0 Å². The summed E-state index contributed by atoms with van der Waals surface area (Å²) in [5.41, 5.74) is 7.27. The Morgan fingerprint density at radius 1 is 1.48 bits per heavy atom. The molecule has 0 saturated heterocycles. The Hall–Kier alpha value is -2.13. The van der Waals surface area contributed by atoms with Crippen molar-refractivity contribution in [2.75, 3.05) is 25.0 Å². The van der Waals surface area contributed by atoms with Crippen LogP contribution < -0.4 is 11.1 Å². The number of hydrazone groups is 1. The first-order valence-corrected chi connectivity index (χ1v) is 9.70. The summed E-state index contributed by atoms with van der Waals surface area (Å²) in [5.74, 6) is 0.510. The summed E-state index contributed by atoms with van der Waals surface area (Å²) in [6.07, 6.45) is 3.86. The molecule has 2 heterocycles. The van der Waals surface area contributed by atoms with Crippen LogP contribution in [-0.4, -0.2) is 45.3 Å². The topological polar surface area (TPSA) is 121 Å². The van der Waals surface area contributed by atoms with Gasteiger partial charge in [-0.15, -0.1) is 0 Å². The lowest BCUT2D eigenvalue weighted by atomic mass is 10.1. The van der Waals surface area contributed by atoms with Crippen molar-refractivity contribution in [2.24, 2.45) is 16.8 Å². The molecular weight excluding hydrogens is 342 g/mol. The highest BCUT2D eigenvalue weighted by molar-refractivity contribution is 7.86. The van der Waals surface area contributed by atoms with Crippen LogP contribution in [0.1, 0.15) is 25.8 Å². The van der Waals surface area contributed by atoms with Crippen LogP contribution in [-0.2, 0) is 20.7 Å². The van der Waals surface area contributed by atoms with Crippen molar-refractivity contribution < 1.29 is 12.6 Å². The van der Waals surface area contributed by atoms with Crippen LogP contribution in [0.15, 0.2) is 28.2 Å². The number of nitrogens with two attached hydrogens (primary N) is 1. The number of rotatable bonds is 4. The van der Waals surface area contributed by atoms with Gasteiger partial charge in [0.1, 0.15) is 0 Å². The third-order valence-electron chi connectivity index (χ3n) is 3.98. The standard InChI is InChI=1S/C10H13NO3S.C6H12N4/c1-2-14-15(12,13)9-4-3-8-5-6-11-10(8)7-9;1-2-5-3-9-10(4-5)6(7)8/h3-4,7,11H,2,5-6H2,1H3;3,5H,2,4H2,1H3,(H3,7,8). The van der Waals surface area contributed by atoms with Crippen LogP contribution in [0.4, 0.5) is 5.69 Å². The molecule has 138 valence electrons. The molecular formula is C16H25N5O3S. The molecule has 4 N–H and O–H groups in total. The van der Waals surface area contributed by atoms with Gasteiger partial charge in [0.2, 0.25) is 5.96 Å². The van der Waals surface area contributed by atoms with Crippen LogP contribution in [0.2, 0.25) is 0 Å². The van der Waals surface area contributed by atoms with Crippen LogP contribution >= 0.6 is 0 Å². The zero-order chi connectivity index (χ0) is 18.4. The molecule has 1 atom stereocenters. The zero-order valence-electron chi connectivity index (χ0n) is 14.5. The maximum atomic E-state index is 11.6. The van der Waals surface area contributed by atoms with E-state index < -0.39 is 10.1 Å². The highest BCUT2D eigenvalue weighted by Gasteiger charge is 2.18. The first kappa shape index (κ1) is 19.2. The number of fused-ring (bicyclic) bond motifs is 1. The number of anilines is 1. The molecule has 0 radical (unpaired) electrons. The van der Waals surface area contributed by atoms with Crippen LogP contribution in [0, 0.1) is 11.3 Å². The predicted molar refractivity (Wildman–Crippen MR) is 98.3 cm³/mol. The smallest absolute Gasteiger partial charge is 0.297 e. The van der Waals surface area contributed by atoms with Gasteiger partial charge in [-0.05, 0) is 37.5 Å². The lowest BCUT2D eigenvalue weighted by Gasteiger charge is -2.11. The number of benzene rings is 1. The monoisotopic (exact) mass is 367 g/mol. The van der Waals surface area contributed by atoms with Crippen LogP contribution in [0.5, 0.6) is 0 Å². The van der Waals surface area contributed by atoms with Crippen molar-refractivity contribution >= 4 is 28.0 Å². The molecule has 0 spiro atoms. The average Bonchev–Trinajstić information content (AvgIpc) is 3.23. The predicted octanol–water partition coefficient (Wildman–Crippen LogP) is 1.59. The van der Waals surface area contributed by atoms with E-state index in [4.69, 9.17) is 15.3 Å². The fraction of sp³-hybridized carbons (Fsp3) is 0.500. The number of guanidine groups is 1. The van der Waals surface area contributed by atoms with Gasteiger partial charge in [0.25, 0.3) is 10.1 Å². The second kappa shape index (κ2) is 8.30. The van der Waals surface area contributed by atoms with E-state index in [1.54, 1.807) is 19.1 Å². The molecule has 1 unspecified atom stereocenters. The Morgan fingerprint density at radius 3 is 2.80 bits per heavy atom. The zero-order valence-corrected chi connectivity index (χ0v) is 15.3. The van der Waals surface area contributed by atoms with Gasteiger partial charge in [-0.25, -0.2) is 5.01 Å². The van der Waals surface area contributed by atoms with E-state index in [0.717, 1.165) is 37.2 Å². The molecule has 0 aliphatic carbocycles. The largest absolute Gasteiger partial charge is 0.384 e. The lowest BCUT2D eigenvalue weighted by Crippen LogP contribution is -2.31. The Labute approximate surface area is 148 Å². The molecule has 8 nitrogen and oxygen atoms in total. The van der Waals surface area contributed by atoms with Gasteiger partial charge in [-0.3, -0.25) is 9.59 Å². The summed E-state index contributed by atoms with van der Waals surface area (Å²) in [6.45, 7) is 5.55. The van der Waals surface area contributed by atoms with Crippen LogP contribution in [0.25, 0.3) is 0 Å². The van der Waals surface area contributed by atoms with E-state index in [0.29, 0.717) is 5.92 Å². The number of nitrogens with one attached hydrogen (secondary N) is 2. The van der Waals surface area contributed by atoms with Gasteiger partial charge in [0.15, 0.2) is 0 Å². The third kappa shape index (κ3) is 4.93. The highest BCUT2D eigenvalue weighted by atomic mass is 32.2. The number of nitrogens with zero attached hydrogens (tertiary/aromatic N) is 2. The maximum Gasteiger partial charge on any atom is 0.297 e. The summed E-state index contributed by atoms with van der Waals surface area (Å²) in [5, 5.41) is 15.6. The second-order valence-electron chi connectivity index (χ2n) is 5.76. The molecule has 25 heavy (non-hydrogen) atoms. The molecule has 2 aliphatic rings. The van der Waals surface area contributed by atoms with Gasteiger partial charge < -0.3 is 11.1 Å². The van der Waals surface area contributed by atoms with E-state index in [2.05, 4.69) is 17.3 Å². The average molecular weight is 367 g/mol. The highest BCUT2D eigenvalue weighted by Crippen LogP contribution is 2.26. The summed E-state index contributed by atoms with van der Waals surface area (Å²) in [6, 6.07) is 5.06. The van der Waals surface area contributed by atoms with E-state index >= 15 is 0 Å². The Kier molecular flexibility index (Phi) is 6.38. The van der Waals surface area contributed by atoms with Gasteiger partial charge in [-0.1, -0.05) is 13.0 Å². The molecule has 0 fully saturated rings. The molecule has 0 saturated carbocycles. The molecule has 0 amide bonds. The molecule has 2 aliphatic heterocycles. The van der Waals surface area contributed by atoms with Crippen molar-refractivity contribution in [1.29, 1.82) is 5.41 Å². The van der Waals surface area contributed by atoms with Crippen molar-refractivity contribution in [1.82, 2.24) is 5.01 Å². The minimum absolute atomic E-state index is 0.0344. The molecule has 1 aromatic carbocycles. The number of hydrogen-bond donors (Lipinski definition) is 3. The molecule has 1 aromatic rings. The van der Waals surface area contributed by atoms with E-state index in [9.17, 15) is 8.42 Å². The first-order chi connectivity index (χ1) is 11.9. The molecule has 0 aromatic heterocycles. The maximum absolute atomic E-state index is 11.6. The van der Waals surface area contributed by atoms with Gasteiger partial charge >= 0.3 is 0 Å². The molecule has 9 heteroatoms. The lowest BCUT2D eigenvalue weighted by molar-refractivity contribution is 0.338. The number of hydrogen-bond acceptors (Lipinski definition) is 6. The molecule has 0 bridgehead atoms. The van der Waals surface area contributed by atoms with E-state index in [1.165, 1.54) is 5.01 Å². The van der Waals surface area contributed by atoms with Gasteiger partial charge in [-0.2, -0.15) is 13.5 Å². The third-order valence-corrected chi connectivity index (χ3v) is 5.36. The first-order valence-electron chi connectivity index (χ1n) is 8.29. The van der Waals surface area contributed by atoms with Crippen molar-refractivity contribution in [3.05, 3.63) is 23.8 Å². The quantitative estimate of drug-likeness (QED) is 0.422. The van der Waals surface area contributed by atoms with E-state index in [1.807, 2.05) is 12.3 Å². The molecule has 3 rings (SSSR count). The summed E-state index contributed by atoms with van der Waals surface area (Å²) in [4.78, 5) is 0.220. The summed E-state index contributed by atoms with van der Waals surface area (Å²) in [7, 11) is -3.57. The Morgan fingerprint density at radius 2 is 2.24 bits per heavy atom. The van der Waals surface area contributed by atoms with E-state index in [-0.39, 0.29) is 17.5 Å². The Bertz CT molecular complexity index is 748. The minimum atomic E-state index is -3.57. The minimum Gasteiger partial charge on any atom is -0.384 e. The fourth-order valence-corrected chi connectivity index (χ4v) is 3.48. The van der Waals surface area contributed by atoms with Gasteiger partial charge in [0, 0.05) is 24.4 Å². The van der Waals surface area contributed by atoms with Crippen molar-refractivity contribution in [2.45, 2.75) is 31.6 Å².